The minimum Gasteiger partial charge on any atom is -0.486 e. The summed E-state index contributed by atoms with van der Waals surface area (Å²) >= 11 is 0. The molecule has 2 aromatic rings. The van der Waals surface area contributed by atoms with Crippen molar-refractivity contribution in [1.82, 2.24) is 10.3 Å². The predicted octanol–water partition coefficient (Wildman–Crippen LogP) is 3.97. The third-order valence-corrected chi connectivity index (χ3v) is 5.31. The molecule has 29 heavy (non-hydrogen) atoms. The van der Waals surface area contributed by atoms with Gasteiger partial charge >= 0.3 is 6.03 Å². The van der Waals surface area contributed by atoms with Gasteiger partial charge in [0, 0.05) is 13.1 Å². The van der Waals surface area contributed by atoms with Crippen molar-refractivity contribution in [3.8, 4) is 11.5 Å². The standard InChI is InChI=1S/C22H28N4O3/c1-15(2)21(16-5-7-18-19(13-16)29-12-11-28-18)25-22(27)24-17-6-8-20(23-14-17)26-9-3-4-10-26/h5-8,13-15,21H,3-4,9-12H2,1-2H3,(H2,24,25,27). The SMILES string of the molecule is CC(C)C(NC(=O)Nc1ccc(N2CCCC2)nc1)c1ccc2c(c1)OCCO2. The van der Waals surface area contributed by atoms with Gasteiger partial charge in [-0.05, 0) is 48.6 Å². The Morgan fingerprint density at radius 2 is 1.83 bits per heavy atom. The summed E-state index contributed by atoms with van der Waals surface area (Å²) in [4.78, 5) is 19.4. The van der Waals surface area contributed by atoms with Gasteiger partial charge in [0.15, 0.2) is 11.5 Å². The van der Waals surface area contributed by atoms with E-state index in [1.807, 2.05) is 30.3 Å². The highest BCUT2D eigenvalue weighted by atomic mass is 16.6. The number of fused-ring (bicyclic) bond motifs is 1. The van der Waals surface area contributed by atoms with Gasteiger partial charge < -0.3 is 25.0 Å². The summed E-state index contributed by atoms with van der Waals surface area (Å²) in [6, 6.07) is 9.28. The second kappa shape index (κ2) is 8.59. The number of amides is 2. The van der Waals surface area contributed by atoms with Crippen LogP contribution in [-0.2, 0) is 0 Å². The molecule has 0 saturated carbocycles. The van der Waals surface area contributed by atoms with Gasteiger partial charge in [0.1, 0.15) is 19.0 Å². The molecule has 4 rings (SSSR count). The molecule has 7 heteroatoms. The molecule has 154 valence electrons. The Bertz CT molecular complexity index is 848. The first-order valence-corrected chi connectivity index (χ1v) is 10.3. The van der Waals surface area contributed by atoms with E-state index in [1.54, 1.807) is 6.20 Å². The van der Waals surface area contributed by atoms with Crippen LogP contribution in [0.2, 0.25) is 0 Å². The Kier molecular flexibility index (Phi) is 5.74. The van der Waals surface area contributed by atoms with E-state index >= 15 is 0 Å². The molecule has 1 aromatic heterocycles. The summed E-state index contributed by atoms with van der Waals surface area (Å²) in [5.41, 5.74) is 1.66. The number of benzene rings is 1. The lowest BCUT2D eigenvalue weighted by molar-refractivity contribution is 0.171. The second-order valence-electron chi connectivity index (χ2n) is 7.82. The molecule has 3 heterocycles. The van der Waals surface area contributed by atoms with E-state index in [9.17, 15) is 4.79 Å². The van der Waals surface area contributed by atoms with Gasteiger partial charge in [0.2, 0.25) is 0 Å². The molecule has 1 unspecified atom stereocenters. The number of hydrogen-bond donors (Lipinski definition) is 2. The number of hydrogen-bond acceptors (Lipinski definition) is 5. The Hall–Kier alpha value is -2.96. The lowest BCUT2D eigenvalue weighted by Crippen LogP contribution is -2.35. The topological polar surface area (TPSA) is 75.7 Å². The van der Waals surface area contributed by atoms with Crippen molar-refractivity contribution in [2.75, 3.05) is 36.5 Å². The molecule has 0 radical (unpaired) electrons. The Labute approximate surface area is 171 Å². The lowest BCUT2D eigenvalue weighted by atomic mass is 9.95. The molecule has 1 aromatic carbocycles. The molecular formula is C22H28N4O3. The van der Waals surface area contributed by atoms with E-state index in [1.165, 1.54) is 12.8 Å². The summed E-state index contributed by atoms with van der Waals surface area (Å²) in [6.45, 7) is 7.35. The van der Waals surface area contributed by atoms with Crippen molar-refractivity contribution < 1.29 is 14.3 Å². The monoisotopic (exact) mass is 396 g/mol. The molecule has 2 aliphatic heterocycles. The highest BCUT2D eigenvalue weighted by molar-refractivity contribution is 5.89. The summed E-state index contributed by atoms with van der Waals surface area (Å²) in [5, 5.41) is 5.96. The van der Waals surface area contributed by atoms with Crippen LogP contribution in [-0.4, -0.2) is 37.3 Å². The average Bonchev–Trinajstić information content (AvgIpc) is 3.27. The molecule has 0 spiro atoms. The molecule has 2 amide bonds. The van der Waals surface area contributed by atoms with Crippen LogP contribution in [0.4, 0.5) is 16.3 Å². The van der Waals surface area contributed by atoms with Gasteiger partial charge in [0.25, 0.3) is 0 Å². The summed E-state index contributed by atoms with van der Waals surface area (Å²) < 4.78 is 11.3. The van der Waals surface area contributed by atoms with Crippen LogP contribution in [0.15, 0.2) is 36.5 Å². The van der Waals surface area contributed by atoms with Gasteiger partial charge in [-0.2, -0.15) is 0 Å². The zero-order valence-corrected chi connectivity index (χ0v) is 17.0. The number of nitrogens with one attached hydrogen (secondary N) is 2. The first kappa shape index (κ1) is 19.4. The van der Waals surface area contributed by atoms with Crippen LogP contribution in [0.1, 0.15) is 38.3 Å². The van der Waals surface area contributed by atoms with E-state index in [-0.39, 0.29) is 18.0 Å². The van der Waals surface area contributed by atoms with Gasteiger partial charge in [-0.25, -0.2) is 9.78 Å². The fraction of sp³-hybridized carbons (Fsp3) is 0.455. The zero-order valence-electron chi connectivity index (χ0n) is 17.0. The number of nitrogens with zero attached hydrogens (tertiary/aromatic N) is 2. The number of urea groups is 1. The largest absolute Gasteiger partial charge is 0.486 e. The van der Waals surface area contributed by atoms with E-state index in [0.717, 1.165) is 36.0 Å². The van der Waals surface area contributed by atoms with Crippen molar-refractivity contribution in [2.24, 2.45) is 5.92 Å². The molecule has 0 bridgehead atoms. The molecule has 0 aliphatic carbocycles. The van der Waals surface area contributed by atoms with Crippen molar-refractivity contribution in [1.29, 1.82) is 0 Å². The summed E-state index contributed by atoms with van der Waals surface area (Å²) in [7, 11) is 0. The third-order valence-electron chi connectivity index (χ3n) is 5.31. The summed E-state index contributed by atoms with van der Waals surface area (Å²) in [6.07, 6.45) is 4.13. The minimum atomic E-state index is -0.255. The zero-order chi connectivity index (χ0) is 20.2. The van der Waals surface area contributed by atoms with Crippen molar-refractivity contribution in [3.05, 3.63) is 42.1 Å². The fourth-order valence-electron chi connectivity index (χ4n) is 3.79. The van der Waals surface area contributed by atoms with Gasteiger partial charge in [-0.15, -0.1) is 0 Å². The third kappa shape index (κ3) is 4.55. The van der Waals surface area contributed by atoms with Crippen molar-refractivity contribution in [2.45, 2.75) is 32.7 Å². The van der Waals surface area contributed by atoms with Crippen LogP contribution < -0.4 is 25.0 Å². The van der Waals surface area contributed by atoms with Gasteiger partial charge in [-0.3, -0.25) is 0 Å². The molecule has 2 aliphatic rings. The smallest absolute Gasteiger partial charge is 0.319 e. The predicted molar refractivity (Wildman–Crippen MR) is 113 cm³/mol. The normalized spacial score (nSPS) is 16.6. The Morgan fingerprint density at radius 1 is 1.07 bits per heavy atom. The highest BCUT2D eigenvalue weighted by Crippen LogP contribution is 2.34. The van der Waals surface area contributed by atoms with Crippen LogP contribution in [0, 0.1) is 5.92 Å². The average molecular weight is 396 g/mol. The molecular weight excluding hydrogens is 368 g/mol. The van der Waals surface area contributed by atoms with Crippen molar-refractivity contribution in [3.63, 3.8) is 0 Å². The number of carbonyl (C=O) groups is 1. The molecule has 1 fully saturated rings. The second-order valence-corrected chi connectivity index (χ2v) is 7.82. The fourth-order valence-corrected chi connectivity index (χ4v) is 3.79. The number of pyridine rings is 1. The van der Waals surface area contributed by atoms with E-state index in [2.05, 4.69) is 34.4 Å². The molecule has 1 saturated heterocycles. The van der Waals surface area contributed by atoms with E-state index < -0.39 is 0 Å². The highest BCUT2D eigenvalue weighted by Gasteiger charge is 2.22. The number of aromatic nitrogens is 1. The van der Waals surface area contributed by atoms with Gasteiger partial charge in [0.05, 0.1) is 17.9 Å². The quantitative estimate of drug-likeness (QED) is 0.800. The maximum atomic E-state index is 12.6. The molecule has 2 N–H and O–H groups in total. The van der Waals surface area contributed by atoms with Crippen LogP contribution in [0.3, 0.4) is 0 Å². The maximum Gasteiger partial charge on any atom is 0.319 e. The van der Waals surface area contributed by atoms with E-state index in [4.69, 9.17) is 9.47 Å². The first-order chi connectivity index (χ1) is 14.1. The number of carbonyl (C=O) groups excluding carboxylic acids is 1. The van der Waals surface area contributed by atoms with Crippen LogP contribution >= 0.6 is 0 Å². The lowest BCUT2D eigenvalue weighted by Gasteiger charge is -2.25. The van der Waals surface area contributed by atoms with E-state index in [0.29, 0.717) is 18.9 Å². The number of anilines is 2. The van der Waals surface area contributed by atoms with Gasteiger partial charge in [-0.1, -0.05) is 19.9 Å². The Morgan fingerprint density at radius 3 is 2.52 bits per heavy atom. The summed E-state index contributed by atoms with van der Waals surface area (Å²) in [5.74, 6) is 2.64. The molecule has 1 atom stereocenters. The first-order valence-electron chi connectivity index (χ1n) is 10.3. The molecule has 7 nitrogen and oxygen atoms in total. The Balaban J connectivity index is 1.41. The number of ether oxygens (including phenoxy) is 2. The van der Waals surface area contributed by atoms with Crippen molar-refractivity contribution >= 4 is 17.5 Å². The van der Waals surface area contributed by atoms with Crippen LogP contribution in [0.25, 0.3) is 0 Å². The maximum absolute atomic E-state index is 12.6. The minimum absolute atomic E-state index is 0.150. The van der Waals surface area contributed by atoms with Crippen LogP contribution in [0.5, 0.6) is 11.5 Å². The number of rotatable bonds is 5.